The third kappa shape index (κ3) is 0.487. The molecule has 0 atom stereocenters. The van der Waals surface area contributed by atoms with Crippen molar-refractivity contribution in [1.82, 2.24) is 0 Å². The number of hydrogen-bond donors (Lipinski definition) is 0. The van der Waals surface area contributed by atoms with Crippen molar-refractivity contribution in [3.8, 4) is 0 Å². The lowest BCUT2D eigenvalue weighted by molar-refractivity contribution is 0.298. The van der Waals surface area contributed by atoms with Crippen LogP contribution in [-0.2, 0) is 0 Å². The largest absolute Gasteiger partial charge is 0.0804 e. The molecule has 0 aromatic heterocycles. The molecule has 2 rings (SSSR count). The zero-order chi connectivity index (χ0) is 6.48. The van der Waals surface area contributed by atoms with Crippen LogP contribution in [0.3, 0.4) is 0 Å². The zero-order valence-corrected chi connectivity index (χ0v) is 5.96. The molecule has 2 bridgehead atoms. The molecule has 0 spiro atoms. The summed E-state index contributed by atoms with van der Waals surface area (Å²) in [5.74, 6) is 1.45. The molecule has 0 unspecified atom stereocenters. The van der Waals surface area contributed by atoms with Gasteiger partial charge in [-0.3, -0.25) is 0 Å². The van der Waals surface area contributed by atoms with Crippen molar-refractivity contribution < 1.29 is 0 Å². The fraction of sp³-hybridized carbons (Fsp3) is 0.556. The van der Waals surface area contributed by atoms with Crippen LogP contribution >= 0.6 is 0 Å². The van der Waals surface area contributed by atoms with Crippen LogP contribution in [0.15, 0.2) is 24.3 Å². The Morgan fingerprint density at radius 3 is 1.33 bits per heavy atom. The average molecular weight is 120 g/mol. The number of allylic oxidation sites excluding steroid dienone is 4. The summed E-state index contributed by atoms with van der Waals surface area (Å²) in [5, 5.41) is 0. The summed E-state index contributed by atoms with van der Waals surface area (Å²) in [5.41, 5.74) is 0.500. The Morgan fingerprint density at radius 1 is 0.889 bits per heavy atom. The van der Waals surface area contributed by atoms with Gasteiger partial charge >= 0.3 is 0 Å². The van der Waals surface area contributed by atoms with Crippen molar-refractivity contribution >= 4 is 0 Å². The Morgan fingerprint density at radius 2 is 1.22 bits per heavy atom. The van der Waals surface area contributed by atoms with E-state index in [1.54, 1.807) is 0 Å². The zero-order valence-electron chi connectivity index (χ0n) is 5.96. The first-order valence-electron chi connectivity index (χ1n) is 3.58. The molecule has 0 saturated carbocycles. The van der Waals surface area contributed by atoms with E-state index in [2.05, 4.69) is 38.2 Å². The second-order valence-corrected chi connectivity index (χ2v) is 3.64. The molecule has 9 heavy (non-hydrogen) atoms. The smallest absolute Gasteiger partial charge is 0.000682 e. The van der Waals surface area contributed by atoms with Crippen LogP contribution in [0.1, 0.15) is 13.8 Å². The lowest BCUT2D eigenvalue weighted by Crippen LogP contribution is -2.18. The molecule has 0 radical (unpaired) electrons. The second-order valence-electron chi connectivity index (χ2n) is 3.64. The van der Waals surface area contributed by atoms with Gasteiger partial charge in [-0.05, 0) is 5.41 Å². The first kappa shape index (κ1) is 5.28. The van der Waals surface area contributed by atoms with Crippen molar-refractivity contribution in [3.05, 3.63) is 24.3 Å². The van der Waals surface area contributed by atoms with Gasteiger partial charge in [0.2, 0.25) is 0 Å². The molecule has 0 heterocycles. The summed E-state index contributed by atoms with van der Waals surface area (Å²) in [7, 11) is 0. The number of fused-ring (bicyclic) bond motifs is 2. The Balaban J connectivity index is 2.40. The molecule has 0 aromatic carbocycles. The molecule has 2 aliphatic carbocycles. The lowest BCUT2D eigenvalue weighted by atomic mass is 9.80. The number of hydrogen-bond acceptors (Lipinski definition) is 0. The van der Waals surface area contributed by atoms with Gasteiger partial charge in [-0.2, -0.15) is 0 Å². The van der Waals surface area contributed by atoms with Gasteiger partial charge in [0, 0.05) is 11.8 Å². The lowest BCUT2D eigenvalue weighted by Gasteiger charge is -2.23. The topological polar surface area (TPSA) is 0 Å². The van der Waals surface area contributed by atoms with Gasteiger partial charge in [0.05, 0.1) is 0 Å². The van der Waals surface area contributed by atoms with Gasteiger partial charge in [0.15, 0.2) is 0 Å². The molecule has 0 fully saturated rings. The monoisotopic (exact) mass is 120 g/mol. The molecule has 0 aromatic rings. The summed E-state index contributed by atoms with van der Waals surface area (Å²) in [6.07, 6.45) is 9.30. The summed E-state index contributed by atoms with van der Waals surface area (Å²) in [4.78, 5) is 0. The van der Waals surface area contributed by atoms with Crippen LogP contribution in [0.4, 0.5) is 0 Å². The van der Waals surface area contributed by atoms with Crippen molar-refractivity contribution in [2.24, 2.45) is 17.3 Å². The maximum absolute atomic E-state index is 2.34. The Bertz CT molecular complexity index is 152. The Labute approximate surface area is 56.3 Å². The molecular weight excluding hydrogens is 108 g/mol. The summed E-state index contributed by atoms with van der Waals surface area (Å²) in [6.45, 7) is 4.67. The van der Waals surface area contributed by atoms with E-state index in [-0.39, 0.29) is 0 Å². The van der Waals surface area contributed by atoms with Crippen molar-refractivity contribution in [1.29, 1.82) is 0 Å². The van der Waals surface area contributed by atoms with Crippen LogP contribution in [0.5, 0.6) is 0 Å². The maximum atomic E-state index is 2.34. The van der Waals surface area contributed by atoms with Gasteiger partial charge in [0.25, 0.3) is 0 Å². The summed E-state index contributed by atoms with van der Waals surface area (Å²) >= 11 is 0. The molecule has 0 nitrogen and oxygen atoms in total. The van der Waals surface area contributed by atoms with Crippen LogP contribution in [0.25, 0.3) is 0 Å². The highest BCUT2D eigenvalue weighted by atomic mass is 14.4. The quantitative estimate of drug-likeness (QED) is 0.430. The summed E-state index contributed by atoms with van der Waals surface area (Å²) < 4.78 is 0. The average Bonchev–Trinajstić information content (AvgIpc) is 2.24. The van der Waals surface area contributed by atoms with Crippen LogP contribution in [0, 0.1) is 17.3 Å². The van der Waals surface area contributed by atoms with E-state index in [0.717, 1.165) is 11.8 Å². The third-order valence-electron chi connectivity index (χ3n) is 2.77. The van der Waals surface area contributed by atoms with E-state index in [9.17, 15) is 0 Å². The van der Waals surface area contributed by atoms with Crippen LogP contribution in [-0.4, -0.2) is 0 Å². The fourth-order valence-corrected chi connectivity index (χ4v) is 1.82. The molecular formula is C9H12. The van der Waals surface area contributed by atoms with Gasteiger partial charge in [-0.1, -0.05) is 38.2 Å². The van der Waals surface area contributed by atoms with Gasteiger partial charge in [-0.15, -0.1) is 0 Å². The molecule has 0 amide bonds. The molecule has 0 N–H and O–H groups in total. The SMILES string of the molecule is CC1(C)C2C=CC1C=C2. The van der Waals surface area contributed by atoms with Crippen molar-refractivity contribution in [2.45, 2.75) is 13.8 Å². The highest BCUT2D eigenvalue weighted by Gasteiger charge is 2.40. The van der Waals surface area contributed by atoms with Gasteiger partial charge in [0.1, 0.15) is 0 Å². The molecule has 2 aliphatic rings. The van der Waals surface area contributed by atoms with Crippen molar-refractivity contribution in [2.75, 3.05) is 0 Å². The maximum Gasteiger partial charge on any atom is 0.000682 e. The van der Waals surface area contributed by atoms with E-state index in [1.165, 1.54) is 0 Å². The standard InChI is InChI=1S/C9H12/c1-9(2)7-3-4-8(9)6-5-7/h3-8H,1-2H3. The van der Waals surface area contributed by atoms with Gasteiger partial charge in [-0.25, -0.2) is 0 Å². The fourth-order valence-electron chi connectivity index (χ4n) is 1.82. The molecule has 0 aliphatic heterocycles. The van der Waals surface area contributed by atoms with Crippen molar-refractivity contribution in [3.63, 3.8) is 0 Å². The minimum absolute atomic E-state index is 0.500. The minimum Gasteiger partial charge on any atom is -0.0804 e. The number of rotatable bonds is 0. The Hall–Kier alpha value is -0.520. The van der Waals surface area contributed by atoms with Crippen LogP contribution in [0.2, 0.25) is 0 Å². The minimum atomic E-state index is 0.500. The van der Waals surface area contributed by atoms with E-state index in [4.69, 9.17) is 0 Å². The first-order valence-corrected chi connectivity index (χ1v) is 3.58. The predicted molar refractivity (Wildman–Crippen MR) is 39.0 cm³/mol. The molecule has 0 heteroatoms. The van der Waals surface area contributed by atoms with Gasteiger partial charge < -0.3 is 0 Å². The van der Waals surface area contributed by atoms with Crippen LogP contribution < -0.4 is 0 Å². The normalized spacial score (nSPS) is 42.4. The molecule has 48 valence electrons. The highest BCUT2D eigenvalue weighted by molar-refractivity contribution is 5.28. The summed E-state index contributed by atoms with van der Waals surface area (Å²) in [6, 6.07) is 0. The molecule has 0 saturated heterocycles. The highest BCUT2D eigenvalue weighted by Crippen LogP contribution is 2.48. The second kappa shape index (κ2) is 1.31. The Kier molecular flexibility index (Phi) is 0.769. The first-order chi connectivity index (χ1) is 4.21. The van der Waals surface area contributed by atoms with E-state index < -0.39 is 0 Å². The van der Waals surface area contributed by atoms with E-state index in [1.807, 2.05) is 0 Å². The van der Waals surface area contributed by atoms with E-state index >= 15 is 0 Å². The third-order valence-corrected chi connectivity index (χ3v) is 2.77. The van der Waals surface area contributed by atoms with E-state index in [0.29, 0.717) is 5.41 Å². The predicted octanol–water partition coefficient (Wildman–Crippen LogP) is 2.38.